The van der Waals surface area contributed by atoms with E-state index < -0.39 is 22.1 Å². The second kappa shape index (κ2) is 13.3. The molecule has 44 heavy (non-hydrogen) atoms. The molecule has 3 amide bonds. The van der Waals surface area contributed by atoms with E-state index in [2.05, 4.69) is 10.0 Å². The molecule has 0 aliphatic rings. The van der Waals surface area contributed by atoms with E-state index in [1.54, 1.807) is 60.6 Å². The number of methoxy groups -OCH3 is 1. The van der Waals surface area contributed by atoms with Crippen LogP contribution >= 0.6 is 11.3 Å². The van der Waals surface area contributed by atoms with Gasteiger partial charge in [-0.2, -0.15) is 0 Å². The van der Waals surface area contributed by atoms with Gasteiger partial charge in [-0.25, -0.2) is 17.9 Å². The maximum absolute atomic E-state index is 13.8. The highest BCUT2D eigenvalue weighted by molar-refractivity contribution is 7.90. The van der Waals surface area contributed by atoms with Gasteiger partial charge in [0.15, 0.2) is 0 Å². The van der Waals surface area contributed by atoms with Gasteiger partial charge in [-0.1, -0.05) is 60.7 Å². The number of carbonyl (C=O) groups excluding carboxylic acids is 2. The van der Waals surface area contributed by atoms with Crippen molar-refractivity contribution in [1.29, 1.82) is 0 Å². The monoisotopic (exact) mass is 627 g/mol. The number of hydrogen-bond acceptors (Lipinski definition) is 6. The summed E-state index contributed by atoms with van der Waals surface area (Å²) >= 11 is 1.58. The Morgan fingerprint density at radius 1 is 0.886 bits per heavy atom. The smallest absolute Gasteiger partial charge is 0.329 e. The average molecular weight is 628 g/mol. The third kappa shape index (κ3) is 6.61. The highest BCUT2D eigenvalue weighted by atomic mass is 32.2. The van der Waals surface area contributed by atoms with Gasteiger partial charge >= 0.3 is 6.03 Å². The SMILES string of the molecule is CCN(C(=O)[C@H](Cc1ccccc1)NC(=O)NS(=O)(=O)c1cccc(-c2csc3ccccc23)c1C)c1ccc(OC)cc1. The highest BCUT2D eigenvalue weighted by Crippen LogP contribution is 2.37. The maximum atomic E-state index is 13.8. The number of fused-ring (bicyclic) bond motifs is 1. The molecule has 0 unspecified atom stereocenters. The zero-order valence-electron chi connectivity index (χ0n) is 24.6. The molecular formula is C34H33N3O5S2. The zero-order valence-corrected chi connectivity index (χ0v) is 26.2. The van der Waals surface area contributed by atoms with Gasteiger partial charge in [0.25, 0.3) is 10.0 Å². The summed E-state index contributed by atoms with van der Waals surface area (Å²) in [7, 11) is -2.72. The first-order valence-electron chi connectivity index (χ1n) is 14.1. The number of ether oxygens (including phenoxy) is 1. The van der Waals surface area contributed by atoms with Gasteiger partial charge in [-0.15, -0.1) is 11.3 Å². The zero-order chi connectivity index (χ0) is 31.3. The van der Waals surface area contributed by atoms with E-state index in [1.807, 2.05) is 73.0 Å². The minimum Gasteiger partial charge on any atom is -0.497 e. The van der Waals surface area contributed by atoms with Crippen molar-refractivity contribution in [1.82, 2.24) is 10.0 Å². The predicted octanol–water partition coefficient (Wildman–Crippen LogP) is 6.54. The molecule has 5 aromatic rings. The van der Waals surface area contributed by atoms with E-state index in [0.717, 1.165) is 26.8 Å². The Balaban J connectivity index is 1.40. The number of likely N-dealkylation sites (N-methyl/N-ethyl adjacent to an activating group) is 1. The first-order valence-corrected chi connectivity index (χ1v) is 16.5. The fourth-order valence-electron chi connectivity index (χ4n) is 5.21. The molecule has 8 nitrogen and oxygen atoms in total. The van der Waals surface area contributed by atoms with E-state index in [4.69, 9.17) is 4.74 Å². The fraction of sp³-hybridized carbons (Fsp3) is 0.176. The summed E-state index contributed by atoms with van der Waals surface area (Å²) < 4.78 is 35.6. The average Bonchev–Trinajstić information content (AvgIpc) is 3.45. The summed E-state index contributed by atoms with van der Waals surface area (Å²) in [5.41, 5.74) is 3.65. The Hall–Kier alpha value is -4.67. The molecule has 0 fully saturated rings. The Kier molecular flexibility index (Phi) is 9.32. The van der Waals surface area contributed by atoms with Crippen LogP contribution in [0.1, 0.15) is 18.1 Å². The molecule has 0 aliphatic carbocycles. The van der Waals surface area contributed by atoms with Crippen molar-refractivity contribution in [2.24, 2.45) is 0 Å². The van der Waals surface area contributed by atoms with Gasteiger partial charge in [0.2, 0.25) is 5.91 Å². The van der Waals surface area contributed by atoms with Crippen molar-refractivity contribution in [3.05, 3.63) is 114 Å². The van der Waals surface area contributed by atoms with Gasteiger partial charge < -0.3 is 15.0 Å². The second-order valence-electron chi connectivity index (χ2n) is 10.2. The number of carbonyl (C=O) groups is 2. The molecule has 4 aromatic carbocycles. The Labute approximate surface area is 261 Å². The van der Waals surface area contributed by atoms with Gasteiger partial charge in [-0.3, -0.25) is 4.79 Å². The molecule has 1 atom stereocenters. The van der Waals surface area contributed by atoms with E-state index in [0.29, 0.717) is 23.5 Å². The fourth-order valence-corrected chi connectivity index (χ4v) is 7.36. The number of hydrogen-bond donors (Lipinski definition) is 2. The maximum Gasteiger partial charge on any atom is 0.329 e. The van der Waals surface area contributed by atoms with Crippen LogP contribution in [0.25, 0.3) is 21.2 Å². The lowest BCUT2D eigenvalue weighted by molar-refractivity contribution is -0.120. The quantitative estimate of drug-likeness (QED) is 0.183. The molecule has 1 heterocycles. The van der Waals surface area contributed by atoms with E-state index in [-0.39, 0.29) is 17.2 Å². The Bertz CT molecular complexity index is 1890. The normalized spacial score (nSPS) is 12.0. The van der Waals surface area contributed by atoms with E-state index >= 15 is 0 Å². The predicted molar refractivity (Wildman–Crippen MR) is 176 cm³/mol. The van der Waals surface area contributed by atoms with Crippen molar-refractivity contribution in [2.75, 3.05) is 18.6 Å². The second-order valence-corrected chi connectivity index (χ2v) is 12.7. The lowest BCUT2D eigenvalue weighted by atomic mass is 10.0. The summed E-state index contributed by atoms with van der Waals surface area (Å²) in [6.45, 7) is 3.89. The molecule has 0 saturated heterocycles. The van der Waals surface area contributed by atoms with Crippen LogP contribution in [0.5, 0.6) is 5.75 Å². The van der Waals surface area contributed by atoms with Crippen molar-refractivity contribution in [3.63, 3.8) is 0 Å². The molecule has 5 rings (SSSR count). The molecule has 10 heteroatoms. The first kappa shape index (κ1) is 30.8. The third-order valence-corrected chi connectivity index (χ3v) is 9.86. The van der Waals surface area contributed by atoms with Gasteiger partial charge in [0, 0.05) is 34.3 Å². The van der Waals surface area contributed by atoms with Crippen LogP contribution in [0, 0.1) is 6.92 Å². The van der Waals surface area contributed by atoms with Gasteiger partial charge in [0.1, 0.15) is 11.8 Å². The number of nitrogens with zero attached hydrogens (tertiary/aromatic N) is 1. The Morgan fingerprint density at radius 2 is 1.59 bits per heavy atom. The van der Waals surface area contributed by atoms with E-state index in [1.165, 1.54) is 6.07 Å². The topological polar surface area (TPSA) is 105 Å². The number of benzene rings is 4. The van der Waals surface area contributed by atoms with Gasteiger partial charge in [-0.05, 0) is 72.3 Å². The van der Waals surface area contributed by atoms with Crippen molar-refractivity contribution < 1.29 is 22.7 Å². The van der Waals surface area contributed by atoms with Crippen LogP contribution in [0.3, 0.4) is 0 Å². The number of nitrogens with one attached hydrogen (secondary N) is 2. The summed E-state index contributed by atoms with van der Waals surface area (Å²) in [6.07, 6.45) is 0.166. The lowest BCUT2D eigenvalue weighted by Gasteiger charge is -2.27. The molecule has 0 bridgehead atoms. The standard InChI is InChI=1S/C34H33N3O5S2/c1-4-37(25-17-19-26(42-3)20-18-25)33(38)30(21-24-11-6-5-7-12-24)35-34(39)36-44(40,41)32-16-10-14-27(23(32)2)29-22-43-31-15-9-8-13-28(29)31/h5-20,22,30H,4,21H2,1-3H3,(H2,35,36,39)/t30-/m0/s1. The van der Waals surface area contributed by atoms with E-state index in [9.17, 15) is 18.0 Å². The highest BCUT2D eigenvalue weighted by Gasteiger charge is 2.29. The van der Waals surface area contributed by atoms with Crippen LogP contribution in [-0.4, -0.2) is 40.1 Å². The molecular weight excluding hydrogens is 595 g/mol. The summed E-state index contributed by atoms with van der Waals surface area (Å²) in [5.74, 6) is 0.268. The molecule has 0 saturated carbocycles. The number of urea groups is 1. The number of anilines is 1. The van der Waals surface area contributed by atoms with Crippen LogP contribution < -0.4 is 19.7 Å². The van der Waals surface area contributed by atoms with Crippen LogP contribution in [0.15, 0.2) is 107 Å². The molecule has 0 radical (unpaired) electrons. The lowest BCUT2D eigenvalue weighted by Crippen LogP contribution is -2.53. The van der Waals surface area contributed by atoms with Crippen LogP contribution in [0.4, 0.5) is 10.5 Å². The molecule has 226 valence electrons. The summed E-state index contributed by atoms with van der Waals surface area (Å²) in [6, 6.07) is 27.2. The molecule has 2 N–H and O–H groups in total. The minimum atomic E-state index is -4.28. The number of rotatable bonds is 10. The molecule has 0 spiro atoms. The van der Waals surface area contributed by atoms with Crippen molar-refractivity contribution in [2.45, 2.75) is 31.2 Å². The first-order chi connectivity index (χ1) is 21.2. The van der Waals surface area contributed by atoms with Gasteiger partial charge in [0.05, 0.1) is 12.0 Å². The third-order valence-electron chi connectivity index (χ3n) is 7.42. The van der Waals surface area contributed by atoms with Crippen LogP contribution in [-0.2, 0) is 21.2 Å². The summed E-state index contributed by atoms with van der Waals surface area (Å²) in [5, 5.41) is 5.67. The number of sulfonamides is 1. The van der Waals surface area contributed by atoms with Crippen molar-refractivity contribution in [3.8, 4) is 16.9 Å². The molecule has 0 aliphatic heterocycles. The van der Waals surface area contributed by atoms with Crippen LogP contribution in [0.2, 0.25) is 0 Å². The number of thiophene rings is 1. The minimum absolute atomic E-state index is 0.0141. The number of amides is 3. The molecule has 1 aromatic heterocycles. The Morgan fingerprint density at radius 3 is 2.30 bits per heavy atom. The largest absolute Gasteiger partial charge is 0.497 e. The van der Waals surface area contributed by atoms with Crippen molar-refractivity contribution >= 4 is 49.1 Å². The summed E-state index contributed by atoms with van der Waals surface area (Å²) in [4.78, 5) is 28.7.